The first-order valence-electron chi connectivity index (χ1n) is 27.6. The highest BCUT2D eigenvalue weighted by molar-refractivity contribution is 6.32. The zero-order valence-electron chi connectivity index (χ0n) is 44.0. The summed E-state index contributed by atoms with van der Waals surface area (Å²) in [6.45, 7) is 11.2. The Morgan fingerprint density at radius 3 is 1.18 bits per heavy atom. The van der Waals surface area contributed by atoms with Crippen LogP contribution in [0.4, 0.5) is 0 Å². The van der Waals surface area contributed by atoms with Crippen LogP contribution in [0.5, 0.6) is 0 Å². The Morgan fingerprint density at radius 1 is 0.432 bits per heavy atom. The fourth-order valence-corrected chi connectivity index (χ4v) is 14.0. The summed E-state index contributed by atoms with van der Waals surface area (Å²) in [6, 6.07) is 50.6. The number of fused-ring (bicyclic) bond motifs is 12. The van der Waals surface area contributed by atoms with Gasteiger partial charge in [-0.05, 0) is 105 Å². The molecule has 2 atom stereocenters. The van der Waals surface area contributed by atoms with E-state index in [0.717, 1.165) is 25.9 Å². The minimum Gasteiger partial charge on any atom is -0.340 e. The van der Waals surface area contributed by atoms with Crippen LogP contribution in [-0.2, 0) is 23.9 Å². The molecular weight excluding hydrogens is 893 g/mol. The first-order chi connectivity index (χ1) is 36.4. The summed E-state index contributed by atoms with van der Waals surface area (Å²) in [5, 5.41) is 5.11. The van der Waals surface area contributed by atoms with Crippen LogP contribution in [0.25, 0.3) is 88.1 Å². The summed E-state index contributed by atoms with van der Waals surface area (Å²) in [5.41, 5.74) is 18.8. The van der Waals surface area contributed by atoms with Gasteiger partial charge in [-0.25, -0.2) is 0 Å². The summed E-state index contributed by atoms with van der Waals surface area (Å²) in [5.74, 6) is 13.5. The van der Waals surface area contributed by atoms with Gasteiger partial charge < -0.3 is 9.13 Å². The molecule has 2 nitrogen and oxygen atoms in total. The predicted molar refractivity (Wildman–Crippen MR) is 316 cm³/mol. The molecule has 2 unspecified atom stereocenters. The topological polar surface area (TPSA) is 9.86 Å². The zero-order chi connectivity index (χ0) is 51.1. The molecule has 2 aliphatic carbocycles. The second kappa shape index (κ2) is 20.0. The molecule has 2 aliphatic rings. The largest absolute Gasteiger partial charge is 0.340 e. The van der Waals surface area contributed by atoms with E-state index >= 15 is 0 Å². The lowest BCUT2D eigenvalue weighted by Crippen LogP contribution is -2.24. The number of hydrogen-bond donors (Lipinski definition) is 0. The maximum atomic E-state index is 6.38. The number of aromatic nitrogens is 2. The third kappa shape index (κ3) is 7.44. The number of unbranched alkanes of at least 4 members (excludes halogenated alkanes) is 2. The highest BCUT2D eigenvalue weighted by Gasteiger charge is 2.44. The fraction of sp³-hybridized carbons (Fsp3) is 0.306. The van der Waals surface area contributed by atoms with E-state index in [1.165, 1.54) is 149 Å². The Bertz CT molecular complexity index is 3530. The van der Waals surface area contributed by atoms with E-state index in [9.17, 15) is 0 Å². The molecule has 0 saturated carbocycles. The summed E-state index contributed by atoms with van der Waals surface area (Å²) < 4.78 is 5.47. The van der Waals surface area contributed by atoms with Crippen molar-refractivity contribution in [1.82, 2.24) is 9.13 Å². The van der Waals surface area contributed by atoms with Crippen LogP contribution in [0.2, 0.25) is 0 Å². The lowest BCUT2D eigenvalue weighted by atomic mass is 9.72. The average Bonchev–Trinajstić information content (AvgIpc) is 4.13. The van der Waals surface area contributed by atoms with Crippen molar-refractivity contribution in [1.29, 1.82) is 0 Å². The van der Waals surface area contributed by atoms with Crippen LogP contribution >= 0.6 is 0 Å². The van der Waals surface area contributed by atoms with Gasteiger partial charge in [-0.2, -0.15) is 0 Å². The molecule has 74 heavy (non-hydrogen) atoms. The van der Waals surface area contributed by atoms with E-state index in [2.05, 4.69) is 194 Å². The Morgan fingerprint density at radius 2 is 0.797 bits per heavy atom. The van der Waals surface area contributed by atoms with Gasteiger partial charge in [0.1, 0.15) is 0 Å². The standard InChI is InChI=1S/C72H68N2/c1-9-17-27-49(15-7)47-73-63-35-25-21-31-57(63)67-66(52-38-40-56-54-30-20-24-34-60(54)72(43-13-5,44-14-6)62(56)46-52)70-68(58-32-22-26-36-64(58)74(70)48-50(16-8)28-18-10-2)65(69(67)73)51-37-39-55-53-29-19-23-33-59(53)71(41-11-3,42-12-4)61(55)45-51/h3-6,19-26,29-40,45-46,49-50H,9-10,15-18,27-28,41-44,47-48H2,1-2,7-8H3. The van der Waals surface area contributed by atoms with Gasteiger partial charge in [-0.3, -0.25) is 0 Å². The third-order valence-electron chi connectivity index (χ3n) is 17.6. The van der Waals surface area contributed by atoms with E-state index in [4.69, 9.17) is 25.7 Å². The lowest BCUT2D eigenvalue weighted by molar-refractivity contribution is 0.400. The van der Waals surface area contributed by atoms with Gasteiger partial charge in [0.05, 0.1) is 11.0 Å². The van der Waals surface area contributed by atoms with Crippen LogP contribution in [-0.4, -0.2) is 9.13 Å². The first-order valence-corrected chi connectivity index (χ1v) is 27.6. The number of benzene rings is 7. The van der Waals surface area contributed by atoms with Crippen LogP contribution in [0.1, 0.15) is 127 Å². The summed E-state index contributed by atoms with van der Waals surface area (Å²) in [4.78, 5) is 0. The van der Waals surface area contributed by atoms with Crippen molar-refractivity contribution < 1.29 is 0 Å². The van der Waals surface area contributed by atoms with Crippen molar-refractivity contribution >= 4 is 43.6 Å². The van der Waals surface area contributed by atoms with Crippen molar-refractivity contribution in [3.63, 3.8) is 0 Å². The van der Waals surface area contributed by atoms with Crippen molar-refractivity contribution in [3.05, 3.63) is 156 Å². The van der Waals surface area contributed by atoms with Gasteiger partial charge in [0.25, 0.3) is 0 Å². The van der Waals surface area contributed by atoms with Crippen LogP contribution in [0.15, 0.2) is 133 Å². The molecule has 0 saturated heterocycles. The summed E-state index contributed by atoms with van der Waals surface area (Å²) >= 11 is 0. The molecule has 0 bridgehead atoms. The fourth-order valence-electron chi connectivity index (χ4n) is 14.0. The van der Waals surface area contributed by atoms with Crippen molar-refractivity contribution in [2.75, 3.05) is 0 Å². The number of nitrogens with zero attached hydrogens (tertiary/aromatic N) is 2. The van der Waals surface area contributed by atoms with E-state index in [-0.39, 0.29) is 0 Å². The molecule has 7 aromatic carbocycles. The van der Waals surface area contributed by atoms with E-state index in [0.29, 0.717) is 37.5 Å². The monoisotopic (exact) mass is 961 g/mol. The van der Waals surface area contributed by atoms with Gasteiger partial charge in [-0.1, -0.05) is 175 Å². The third-order valence-corrected chi connectivity index (χ3v) is 17.6. The van der Waals surface area contributed by atoms with Gasteiger partial charge in [0, 0.05) is 93.3 Å². The van der Waals surface area contributed by atoms with Crippen molar-refractivity contribution in [2.45, 2.75) is 129 Å². The number of rotatable bonds is 18. The maximum Gasteiger partial charge on any atom is 0.0585 e. The van der Waals surface area contributed by atoms with E-state index < -0.39 is 10.8 Å². The Labute approximate surface area is 440 Å². The molecule has 11 rings (SSSR count). The minimum atomic E-state index is -0.517. The molecule has 0 N–H and O–H groups in total. The molecule has 2 aromatic heterocycles. The van der Waals surface area contributed by atoms with Crippen molar-refractivity contribution in [3.8, 4) is 93.9 Å². The molecule has 366 valence electrons. The molecule has 0 spiro atoms. The normalized spacial score (nSPS) is 14.5. The lowest BCUT2D eigenvalue weighted by Gasteiger charge is -2.29. The Hall–Kier alpha value is -7.62. The Balaban J connectivity index is 1.35. The van der Waals surface area contributed by atoms with Crippen LogP contribution in [0, 0.1) is 61.2 Å². The van der Waals surface area contributed by atoms with E-state index in [1.807, 2.05) is 0 Å². The van der Waals surface area contributed by atoms with Gasteiger partial charge in [-0.15, -0.1) is 49.4 Å². The minimum absolute atomic E-state index is 0.492. The molecule has 9 aromatic rings. The highest BCUT2D eigenvalue weighted by Crippen LogP contribution is 2.58. The van der Waals surface area contributed by atoms with Gasteiger partial charge in [0.2, 0.25) is 0 Å². The number of para-hydroxylation sites is 2. The smallest absolute Gasteiger partial charge is 0.0585 e. The molecule has 0 aliphatic heterocycles. The van der Waals surface area contributed by atoms with E-state index in [1.54, 1.807) is 0 Å². The molecular formula is C72H68N2. The van der Waals surface area contributed by atoms with Crippen LogP contribution in [0.3, 0.4) is 0 Å². The average molecular weight is 961 g/mol. The SMILES string of the molecule is C#CCC1(CC#C)c2ccccc2-c2ccc(-c3c4c5ccccc5n(CC(CC)CCCC)c4c(-c4ccc5c(c4)C(CC#C)(CC#C)c4ccccc4-5)c4c5ccccc5n(CC(CC)CCCC)c34)cc21. The second-order valence-corrected chi connectivity index (χ2v) is 21.6. The quantitative estimate of drug-likeness (QED) is 0.0759. The molecule has 2 heteroatoms. The molecule has 0 radical (unpaired) electrons. The summed E-state index contributed by atoms with van der Waals surface area (Å²) in [7, 11) is 0. The second-order valence-electron chi connectivity index (χ2n) is 21.6. The Kier molecular flexibility index (Phi) is 13.2. The highest BCUT2D eigenvalue weighted by atomic mass is 15.0. The molecule has 2 heterocycles. The van der Waals surface area contributed by atoms with Gasteiger partial charge >= 0.3 is 0 Å². The predicted octanol–water partition coefficient (Wildman–Crippen LogP) is 18.3. The first kappa shape index (κ1) is 48.6. The van der Waals surface area contributed by atoms with Crippen LogP contribution < -0.4 is 0 Å². The maximum absolute atomic E-state index is 6.38. The molecule has 0 fully saturated rings. The number of hydrogen-bond acceptors (Lipinski definition) is 0. The van der Waals surface area contributed by atoms with Gasteiger partial charge in [0.15, 0.2) is 0 Å². The zero-order valence-corrected chi connectivity index (χ0v) is 44.0. The van der Waals surface area contributed by atoms with Crippen molar-refractivity contribution in [2.24, 2.45) is 11.8 Å². The summed E-state index contributed by atoms with van der Waals surface area (Å²) in [6.07, 6.45) is 36.9. The molecule has 0 amide bonds. The number of terminal acetylenes is 4.